The van der Waals surface area contributed by atoms with Gasteiger partial charge in [0.15, 0.2) is 5.82 Å². The predicted octanol–water partition coefficient (Wildman–Crippen LogP) is 2.97. The summed E-state index contributed by atoms with van der Waals surface area (Å²) in [7, 11) is 1.60. The molecule has 0 spiro atoms. The van der Waals surface area contributed by atoms with E-state index in [2.05, 4.69) is 10.5 Å². The highest BCUT2D eigenvalue weighted by molar-refractivity contribution is 7.99. The molecule has 1 aromatic carbocycles. The molecule has 0 radical (unpaired) electrons. The highest BCUT2D eigenvalue weighted by Crippen LogP contribution is 2.15. The number of hydrogen-bond acceptors (Lipinski definition) is 5. The Morgan fingerprint density at radius 2 is 2.04 bits per heavy atom. The first-order valence-corrected chi connectivity index (χ1v) is 8.76. The second kappa shape index (κ2) is 8.75. The van der Waals surface area contributed by atoms with Gasteiger partial charge in [-0.05, 0) is 24.6 Å². The van der Waals surface area contributed by atoms with Crippen LogP contribution in [-0.2, 0) is 15.3 Å². The third-order valence-corrected chi connectivity index (χ3v) is 4.35. The Labute approximate surface area is 149 Å². The molecule has 8 heteroatoms. The molecule has 2 amide bonds. The quantitative estimate of drug-likeness (QED) is 0.814. The van der Waals surface area contributed by atoms with Gasteiger partial charge in [-0.3, -0.25) is 9.59 Å². The normalized spacial score (nSPS) is 10.5. The van der Waals surface area contributed by atoms with E-state index in [1.807, 2.05) is 24.3 Å². The molecule has 6 nitrogen and oxygen atoms in total. The van der Waals surface area contributed by atoms with Crippen molar-refractivity contribution in [3.8, 4) is 0 Å². The average Bonchev–Trinajstić information content (AvgIpc) is 2.93. The number of aromatic nitrogens is 1. The number of rotatable bonds is 7. The molecule has 0 saturated carbocycles. The van der Waals surface area contributed by atoms with Gasteiger partial charge in [-0.25, -0.2) is 0 Å². The summed E-state index contributed by atoms with van der Waals surface area (Å²) in [5.41, 5.74) is 1.10. The maximum absolute atomic E-state index is 12.0. The summed E-state index contributed by atoms with van der Waals surface area (Å²) < 4.78 is 4.86. The van der Waals surface area contributed by atoms with Crippen LogP contribution in [0.3, 0.4) is 0 Å². The fourth-order valence-electron chi connectivity index (χ4n) is 1.86. The average molecular weight is 368 g/mol. The molecule has 128 valence electrons. The number of halogens is 1. The molecule has 1 heterocycles. The first kappa shape index (κ1) is 18.4. The van der Waals surface area contributed by atoms with Crippen LogP contribution in [0.2, 0.25) is 5.02 Å². The molecule has 0 aliphatic carbocycles. The minimum absolute atomic E-state index is 0.0355. The van der Waals surface area contributed by atoms with Gasteiger partial charge < -0.3 is 14.7 Å². The van der Waals surface area contributed by atoms with Crippen molar-refractivity contribution < 1.29 is 14.1 Å². The maximum Gasteiger partial charge on any atom is 0.245 e. The molecular formula is C16H18ClN3O3S. The molecule has 0 saturated heterocycles. The van der Waals surface area contributed by atoms with Gasteiger partial charge in [0.05, 0.1) is 12.3 Å². The standard InChI is InChI=1S/C16H18ClN3O3S/c1-11-7-14(19-23-11)18-15(21)8-20(2)16(22)10-24-9-12-3-5-13(17)6-4-12/h3-7H,8-10H2,1-2H3,(H,18,19,21). The minimum atomic E-state index is -0.318. The predicted molar refractivity (Wildman–Crippen MR) is 95.1 cm³/mol. The molecule has 2 rings (SSSR count). The molecule has 0 aliphatic rings. The van der Waals surface area contributed by atoms with Crippen molar-refractivity contribution in [2.24, 2.45) is 0 Å². The van der Waals surface area contributed by atoms with Crippen molar-refractivity contribution in [3.05, 3.63) is 46.7 Å². The number of thioether (sulfide) groups is 1. The third-order valence-electron chi connectivity index (χ3n) is 3.11. The maximum atomic E-state index is 12.0. The van der Waals surface area contributed by atoms with Gasteiger partial charge in [0.1, 0.15) is 5.76 Å². The number of aryl methyl sites for hydroxylation is 1. The lowest BCUT2D eigenvalue weighted by Gasteiger charge is -2.16. The number of amides is 2. The van der Waals surface area contributed by atoms with Gasteiger partial charge in [0.25, 0.3) is 0 Å². The Hall–Kier alpha value is -1.99. The number of likely N-dealkylation sites (N-methyl/N-ethyl adjacent to an activating group) is 1. The van der Waals surface area contributed by atoms with Gasteiger partial charge >= 0.3 is 0 Å². The van der Waals surface area contributed by atoms with Crippen LogP contribution in [0.15, 0.2) is 34.9 Å². The number of anilines is 1. The smallest absolute Gasteiger partial charge is 0.245 e. The summed E-state index contributed by atoms with van der Waals surface area (Å²) in [5, 5.41) is 6.94. The monoisotopic (exact) mass is 367 g/mol. The molecule has 2 aromatic rings. The van der Waals surface area contributed by atoms with Crippen molar-refractivity contribution in [2.45, 2.75) is 12.7 Å². The Kier molecular flexibility index (Phi) is 6.69. The zero-order valence-corrected chi connectivity index (χ0v) is 15.0. The lowest BCUT2D eigenvalue weighted by molar-refractivity contribution is -0.131. The van der Waals surface area contributed by atoms with E-state index in [4.69, 9.17) is 16.1 Å². The van der Waals surface area contributed by atoms with Crippen LogP contribution in [0.4, 0.5) is 5.82 Å². The molecule has 0 aliphatic heterocycles. The van der Waals surface area contributed by atoms with E-state index in [0.29, 0.717) is 28.1 Å². The van der Waals surface area contributed by atoms with Crippen LogP contribution in [0.1, 0.15) is 11.3 Å². The largest absolute Gasteiger partial charge is 0.360 e. The molecule has 24 heavy (non-hydrogen) atoms. The number of nitrogens with zero attached hydrogens (tertiary/aromatic N) is 2. The van der Waals surface area contributed by atoms with Crippen molar-refractivity contribution in [3.63, 3.8) is 0 Å². The van der Waals surface area contributed by atoms with Crippen molar-refractivity contribution in [1.29, 1.82) is 0 Å². The van der Waals surface area contributed by atoms with E-state index in [9.17, 15) is 9.59 Å². The fraction of sp³-hybridized carbons (Fsp3) is 0.312. The summed E-state index contributed by atoms with van der Waals surface area (Å²) in [6.07, 6.45) is 0. The first-order chi connectivity index (χ1) is 11.4. The zero-order chi connectivity index (χ0) is 17.5. The molecular weight excluding hydrogens is 350 g/mol. The Morgan fingerprint density at radius 1 is 1.33 bits per heavy atom. The second-order valence-corrected chi connectivity index (χ2v) is 6.66. The number of carbonyl (C=O) groups excluding carboxylic acids is 2. The van der Waals surface area contributed by atoms with E-state index in [1.54, 1.807) is 20.0 Å². The molecule has 0 bridgehead atoms. The zero-order valence-electron chi connectivity index (χ0n) is 13.4. The number of hydrogen-bond donors (Lipinski definition) is 1. The Morgan fingerprint density at radius 3 is 2.67 bits per heavy atom. The van der Waals surface area contributed by atoms with Gasteiger partial charge in [0, 0.05) is 23.9 Å². The molecule has 1 aromatic heterocycles. The molecule has 0 fully saturated rings. The highest BCUT2D eigenvalue weighted by Gasteiger charge is 2.14. The van der Waals surface area contributed by atoms with E-state index < -0.39 is 0 Å². The van der Waals surface area contributed by atoms with E-state index >= 15 is 0 Å². The SMILES string of the molecule is Cc1cc(NC(=O)CN(C)C(=O)CSCc2ccc(Cl)cc2)no1. The van der Waals surface area contributed by atoms with Gasteiger partial charge in [-0.1, -0.05) is 28.9 Å². The summed E-state index contributed by atoms with van der Waals surface area (Å²) in [4.78, 5) is 25.3. The van der Waals surface area contributed by atoms with E-state index in [0.717, 1.165) is 5.56 Å². The third kappa shape index (κ3) is 5.90. The topological polar surface area (TPSA) is 75.4 Å². The van der Waals surface area contributed by atoms with E-state index in [1.165, 1.54) is 16.7 Å². The van der Waals surface area contributed by atoms with Gasteiger partial charge in [-0.15, -0.1) is 11.8 Å². The van der Waals surface area contributed by atoms with Crippen LogP contribution < -0.4 is 5.32 Å². The Balaban J connectivity index is 1.71. The lowest BCUT2D eigenvalue weighted by atomic mass is 10.2. The van der Waals surface area contributed by atoms with Crippen molar-refractivity contribution >= 4 is 41.0 Å². The summed E-state index contributed by atoms with van der Waals surface area (Å²) in [6, 6.07) is 9.11. The van der Waals surface area contributed by atoms with Crippen LogP contribution >= 0.6 is 23.4 Å². The number of nitrogens with one attached hydrogen (secondary N) is 1. The second-order valence-electron chi connectivity index (χ2n) is 5.24. The van der Waals surface area contributed by atoms with Crippen LogP contribution in [0.25, 0.3) is 0 Å². The number of benzene rings is 1. The van der Waals surface area contributed by atoms with Crippen LogP contribution in [0.5, 0.6) is 0 Å². The van der Waals surface area contributed by atoms with Crippen molar-refractivity contribution in [2.75, 3.05) is 24.7 Å². The molecule has 1 N–H and O–H groups in total. The molecule has 0 atom stereocenters. The summed E-state index contributed by atoms with van der Waals surface area (Å²) >= 11 is 7.32. The summed E-state index contributed by atoms with van der Waals surface area (Å²) in [5.74, 6) is 1.53. The highest BCUT2D eigenvalue weighted by atomic mass is 35.5. The number of carbonyl (C=O) groups is 2. The fourth-order valence-corrected chi connectivity index (χ4v) is 2.91. The Bertz CT molecular complexity index is 703. The minimum Gasteiger partial charge on any atom is -0.360 e. The van der Waals surface area contributed by atoms with Crippen LogP contribution in [-0.4, -0.2) is 41.2 Å². The van der Waals surface area contributed by atoms with Crippen LogP contribution in [0, 0.1) is 6.92 Å². The van der Waals surface area contributed by atoms with E-state index in [-0.39, 0.29) is 18.4 Å². The summed E-state index contributed by atoms with van der Waals surface area (Å²) in [6.45, 7) is 1.70. The van der Waals surface area contributed by atoms with Gasteiger partial charge in [0.2, 0.25) is 11.8 Å². The molecule has 0 unspecified atom stereocenters. The van der Waals surface area contributed by atoms with Crippen molar-refractivity contribution in [1.82, 2.24) is 10.1 Å². The lowest BCUT2D eigenvalue weighted by Crippen LogP contribution is -2.36. The van der Waals surface area contributed by atoms with Gasteiger partial charge in [-0.2, -0.15) is 0 Å². The first-order valence-electron chi connectivity index (χ1n) is 7.23.